The third kappa shape index (κ3) is 1.87. The van der Waals surface area contributed by atoms with Crippen LogP contribution in [0.2, 0.25) is 0 Å². The predicted molar refractivity (Wildman–Crippen MR) is 64.0 cm³/mol. The van der Waals surface area contributed by atoms with Gasteiger partial charge in [-0.1, -0.05) is 25.7 Å². The van der Waals surface area contributed by atoms with Crippen molar-refractivity contribution in [2.24, 2.45) is 17.8 Å². The lowest BCUT2D eigenvalue weighted by Crippen LogP contribution is -2.33. The maximum absolute atomic E-state index is 12.3. The van der Waals surface area contributed by atoms with Crippen LogP contribution >= 0.6 is 0 Å². The first-order valence-corrected chi connectivity index (χ1v) is 7.13. The Morgan fingerprint density at radius 2 is 1.31 bits per heavy atom. The molecule has 2 heteroatoms. The second-order valence-electron chi connectivity index (χ2n) is 6.03. The average Bonchev–Trinajstić information content (AvgIpc) is 2.97. The number of fused-ring (bicyclic) bond motifs is 1. The number of hydrogen-bond donors (Lipinski definition) is 0. The molecular formula is C14H23NO. The highest BCUT2D eigenvalue weighted by Gasteiger charge is 2.38. The van der Waals surface area contributed by atoms with Crippen LogP contribution in [0.1, 0.15) is 51.4 Å². The van der Waals surface area contributed by atoms with Crippen molar-refractivity contribution >= 4 is 5.91 Å². The summed E-state index contributed by atoms with van der Waals surface area (Å²) in [4.78, 5) is 14.5. The van der Waals surface area contributed by atoms with Crippen molar-refractivity contribution in [3.63, 3.8) is 0 Å². The zero-order valence-corrected chi connectivity index (χ0v) is 10.2. The van der Waals surface area contributed by atoms with Gasteiger partial charge >= 0.3 is 0 Å². The van der Waals surface area contributed by atoms with Crippen molar-refractivity contribution in [2.75, 3.05) is 13.1 Å². The largest absolute Gasteiger partial charge is 0.342 e. The molecule has 16 heavy (non-hydrogen) atoms. The van der Waals surface area contributed by atoms with Crippen molar-refractivity contribution < 1.29 is 4.79 Å². The summed E-state index contributed by atoms with van der Waals surface area (Å²) < 4.78 is 0. The number of hydrogen-bond acceptors (Lipinski definition) is 1. The number of carbonyl (C=O) groups excluding carboxylic acids is 1. The van der Waals surface area contributed by atoms with Gasteiger partial charge in [0.15, 0.2) is 0 Å². The number of likely N-dealkylation sites (tertiary alicyclic amines) is 1. The first kappa shape index (κ1) is 10.6. The SMILES string of the molecule is O=C(C1CCCC1)N1CC2CCCCC2C1. The Hall–Kier alpha value is -0.530. The molecule has 2 atom stereocenters. The first-order chi connectivity index (χ1) is 7.84. The van der Waals surface area contributed by atoms with Gasteiger partial charge in [-0.05, 0) is 37.5 Å². The molecule has 1 saturated heterocycles. The lowest BCUT2D eigenvalue weighted by atomic mass is 9.82. The van der Waals surface area contributed by atoms with Crippen molar-refractivity contribution in [3.05, 3.63) is 0 Å². The Kier molecular flexibility index (Phi) is 2.91. The average molecular weight is 221 g/mol. The van der Waals surface area contributed by atoms with Gasteiger partial charge in [0, 0.05) is 19.0 Å². The fraction of sp³-hybridized carbons (Fsp3) is 0.929. The van der Waals surface area contributed by atoms with E-state index in [-0.39, 0.29) is 0 Å². The van der Waals surface area contributed by atoms with E-state index in [2.05, 4.69) is 4.90 Å². The molecule has 0 spiro atoms. The van der Waals surface area contributed by atoms with Gasteiger partial charge in [0.1, 0.15) is 0 Å². The second kappa shape index (κ2) is 4.38. The van der Waals surface area contributed by atoms with Gasteiger partial charge in [-0.3, -0.25) is 4.79 Å². The smallest absolute Gasteiger partial charge is 0.225 e. The molecule has 0 aromatic rings. The van der Waals surface area contributed by atoms with E-state index in [4.69, 9.17) is 0 Å². The molecule has 3 fully saturated rings. The van der Waals surface area contributed by atoms with Gasteiger partial charge in [0.2, 0.25) is 5.91 Å². The topological polar surface area (TPSA) is 20.3 Å². The molecule has 0 aromatic carbocycles. The fourth-order valence-corrected chi connectivity index (χ4v) is 4.02. The Labute approximate surface area is 98.4 Å². The Bertz CT molecular complexity index is 256. The van der Waals surface area contributed by atoms with Gasteiger partial charge in [0.25, 0.3) is 0 Å². The van der Waals surface area contributed by atoms with Gasteiger partial charge in [0.05, 0.1) is 0 Å². The maximum atomic E-state index is 12.3. The van der Waals surface area contributed by atoms with Crippen LogP contribution in [0.3, 0.4) is 0 Å². The summed E-state index contributed by atoms with van der Waals surface area (Å²) in [5.41, 5.74) is 0. The molecule has 0 bridgehead atoms. The van der Waals surface area contributed by atoms with Crippen LogP contribution in [-0.4, -0.2) is 23.9 Å². The van der Waals surface area contributed by atoms with E-state index in [9.17, 15) is 4.79 Å². The Balaban J connectivity index is 1.61. The van der Waals surface area contributed by atoms with Crippen molar-refractivity contribution in [1.29, 1.82) is 0 Å². The molecule has 3 rings (SSSR count). The zero-order chi connectivity index (χ0) is 11.0. The monoisotopic (exact) mass is 221 g/mol. The van der Waals surface area contributed by atoms with Gasteiger partial charge in [-0.2, -0.15) is 0 Å². The van der Waals surface area contributed by atoms with Crippen LogP contribution in [-0.2, 0) is 4.79 Å². The summed E-state index contributed by atoms with van der Waals surface area (Å²) in [5, 5.41) is 0. The minimum Gasteiger partial charge on any atom is -0.342 e. The fourth-order valence-electron chi connectivity index (χ4n) is 4.02. The molecule has 90 valence electrons. The van der Waals surface area contributed by atoms with Crippen LogP contribution in [0.5, 0.6) is 0 Å². The van der Waals surface area contributed by atoms with Crippen LogP contribution in [0, 0.1) is 17.8 Å². The highest BCUT2D eigenvalue weighted by atomic mass is 16.2. The van der Waals surface area contributed by atoms with Crippen LogP contribution in [0.15, 0.2) is 0 Å². The normalized spacial score (nSPS) is 35.4. The van der Waals surface area contributed by atoms with E-state index in [1.54, 1.807) is 0 Å². The Morgan fingerprint density at radius 3 is 1.88 bits per heavy atom. The molecular weight excluding hydrogens is 198 g/mol. The molecule has 1 heterocycles. The molecule has 0 aromatic heterocycles. The summed E-state index contributed by atoms with van der Waals surface area (Å²) in [5.74, 6) is 2.57. The van der Waals surface area contributed by atoms with Gasteiger partial charge in [-0.25, -0.2) is 0 Å². The number of carbonyl (C=O) groups is 1. The van der Waals surface area contributed by atoms with E-state index in [1.807, 2.05) is 0 Å². The quantitative estimate of drug-likeness (QED) is 0.666. The highest BCUT2D eigenvalue weighted by molar-refractivity contribution is 5.79. The van der Waals surface area contributed by atoms with Crippen LogP contribution in [0.25, 0.3) is 0 Å². The van der Waals surface area contributed by atoms with Crippen molar-refractivity contribution in [1.82, 2.24) is 4.90 Å². The van der Waals surface area contributed by atoms with E-state index in [0.29, 0.717) is 11.8 Å². The molecule has 2 saturated carbocycles. The van der Waals surface area contributed by atoms with Crippen molar-refractivity contribution in [3.8, 4) is 0 Å². The standard InChI is InChI=1S/C14H23NO/c16-14(11-5-1-2-6-11)15-9-12-7-3-4-8-13(12)10-15/h11-13H,1-10H2. The molecule has 2 aliphatic carbocycles. The third-order valence-corrected chi connectivity index (χ3v) is 4.99. The summed E-state index contributed by atoms with van der Waals surface area (Å²) in [6.07, 6.45) is 10.4. The van der Waals surface area contributed by atoms with Crippen LogP contribution in [0.4, 0.5) is 0 Å². The van der Waals surface area contributed by atoms with E-state index < -0.39 is 0 Å². The second-order valence-corrected chi connectivity index (χ2v) is 6.03. The van der Waals surface area contributed by atoms with Gasteiger partial charge < -0.3 is 4.90 Å². The van der Waals surface area contributed by atoms with Crippen LogP contribution < -0.4 is 0 Å². The minimum atomic E-state index is 0.389. The summed E-state index contributed by atoms with van der Waals surface area (Å²) in [6, 6.07) is 0. The molecule has 1 amide bonds. The summed E-state index contributed by atoms with van der Waals surface area (Å²) >= 11 is 0. The summed E-state index contributed by atoms with van der Waals surface area (Å²) in [7, 11) is 0. The lowest BCUT2D eigenvalue weighted by molar-refractivity contribution is -0.134. The van der Waals surface area contributed by atoms with Gasteiger partial charge in [-0.15, -0.1) is 0 Å². The maximum Gasteiger partial charge on any atom is 0.225 e. The highest BCUT2D eigenvalue weighted by Crippen LogP contribution is 2.37. The molecule has 0 radical (unpaired) electrons. The first-order valence-electron chi connectivity index (χ1n) is 7.13. The van der Waals surface area contributed by atoms with Crippen molar-refractivity contribution in [2.45, 2.75) is 51.4 Å². The van der Waals surface area contributed by atoms with E-state index in [1.165, 1.54) is 38.5 Å². The predicted octanol–water partition coefficient (Wildman–Crippen LogP) is 2.83. The molecule has 2 unspecified atom stereocenters. The summed E-state index contributed by atoms with van der Waals surface area (Å²) in [6.45, 7) is 2.17. The number of amides is 1. The molecule has 1 aliphatic heterocycles. The molecule has 3 aliphatic rings. The molecule has 2 nitrogen and oxygen atoms in total. The van der Waals surface area contributed by atoms with E-state index in [0.717, 1.165) is 37.8 Å². The molecule has 0 N–H and O–H groups in total. The lowest BCUT2D eigenvalue weighted by Gasteiger charge is -2.22. The van der Waals surface area contributed by atoms with E-state index >= 15 is 0 Å². The minimum absolute atomic E-state index is 0.389. The third-order valence-electron chi connectivity index (χ3n) is 4.99. The number of rotatable bonds is 1. The number of nitrogens with zero attached hydrogens (tertiary/aromatic N) is 1. The Morgan fingerprint density at radius 1 is 0.812 bits per heavy atom. The zero-order valence-electron chi connectivity index (χ0n) is 10.2.